The van der Waals surface area contributed by atoms with Gasteiger partial charge in [0.1, 0.15) is 0 Å². The van der Waals surface area contributed by atoms with Gasteiger partial charge in [-0.05, 0) is 0 Å². The predicted molar refractivity (Wildman–Crippen MR) is 116 cm³/mol. The number of thiol groups is 2. The summed E-state index contributed by atoms with van der Waals surface area (Å²) < 4.78 is 7.70. The normalized spacial score (nSPS) is 11.9. The van der Waals surface area contributed by atoms with E-state index in [-0.39, 0.29) is 8.06 Å². The summed E-state index contributed by atoms with van der Waals surface area (Å²) in [7, 11) is 0. The van der Waals surface area contributed by atoms with Crippen LogP contribution in [0.3, 0.4) is 0 Å². The molecule has 144 valence electrons. The zero-order chi connectivity index (χ0) is 18.3. The molecule has 0 atom stereocenters. The second kappa shape index (κ2) is 16.2. The molecule has 0 spiro atoms. The minimum atomic E-state index is -1.95. The summed E-state index contributed by atoms with van der Waals surface area (Å²) in [6, 6.07) is 0. The molecule has 0 unspecified atom stereocenters. The maximum absolute atomic E-state index is 12.2. The van der Waals surface area contributed by atoms with Gasteiger partial charge in [0, 0.05) is 0 Å². The Bertz CT molecular complexity index is 304. The third-order valence-corrected chi connectivity index (χ3v) is 20.5. The van der Waals surface area contributed by atoms with Gasteiger partial charge in [0.25, 0.3) is 0 Å². The summed E-state index contributed by atoms with van der Waals surface area (Å²) >= 11 is 7.70. The molecule has 0 heterocycles. The van der Waals surface area contributed by atoms with Crippen LogP contribution in [0.5, 0.6) is 0 Å². The van der Waals surface area contributed by atoms with E-state index in [0.717, 1.165) is 12.8 Å². The van der Waals surface area contributed by atoms with Gasteiger partial charge in [-0.3, -0.25) is 0 Å². The number of rotatable bonds is 16. The van der Waals surface area contributed by atoms with Crippen molar-refractivity contribution in [2.24, 2.45) is 0 Å². The van der Waals surface area contributed by atoms with Crippen LogP contribution in [0.15, 0.2) is 0 Å². The molecule has 0 saturated carbocycles. The van der Waals surface area contributed by atoms with E-state index in [4.69, 9.17) is 30.0 Å². The van der Waals surface area contributed by atoms with E-state index in [1.54, 1.807) is 0 Å². The second-order valence-electron chi connectivity index (χ2n) is 7.02. The first-order valence-corrected chi connectivity index (χ1v) is 17.3. The molecular formula is C19H40O2S2Sn. The van der Waals surface area contributed by atoms with E-state index >= 15 is 0 Å². The summed E-state index contributed by atoms with van der Waals surface area (Å²) in [5.74, 6) is -0.0942. The number of hydrogen-bond acceptors (Lipinski definition) is 4. The Morgan fingerprint density at radius 3 is 1.88 bits per heavy atom. The van der Waals surface area contributed by atoms with Crippen LogP contribution in [-0.4, -0.2) is 34.4 Å². The Morgan fingerprint density at radius 2 is 1.33 bits per heavy atom. The van der Waals surface area contributed by atoms with Gasteiger partial charge in [-0.25, -0.2) is 0 Å². The Labute approximate surface area is 168 Å². The van der Waals surface area contributed by atoms with Gasteiger partial charge in [0.2, 0.25) is 0 Å². The van der Waals surface area contributed by atoms with Crippen molar-refractivity contribution in [1.29, 1.82) is 0 Å². The number of ether oxygens (including phenoxy) is 1. The Kier molecular flexibility index (Phi) is 16.8. The maximum atomic E-state index is 12.2. The van der Waals surface area contributed by atoms with Crippen LogP contribution in [0.4, 0.5) is 0 Å². The van der Waals surface area contributed by atoms with E-state index < -0.39 is 19.8 Å². The van der Waals surface area contributed by atoms with Crippen molar-refractivity contribution in [2.75, 3.05) is 6.61 Å². The number of unbranched alkanes of at least 4 members (excludes halogenated alkanes) is 7. The van der Waals surface area contributed by atoms with Gasteiger partial charge < -0.3 is 0 Å². The van der Waals surface area contributed by atoms with Crippen LogP contribution in [0.1, 0.15) is 91.4 Å². The molecule has 0 amide bonds. The van der Waals surface area contributed by atoms with Crippen molar-refractivity contribution in [3.05, 3.63) is 0 Å². The van der Waals surface area contributed by atoms with Gasteiger partial charge in [-0.1, -0.05) is 0 Å². The SMILES string of the molecule is CCCCCCCCOC(=O)C[C](S)(S)[SnH]([CH2]CCC)[CH2]CCC. The quantitative estimate of drug-likeness (QED) is 0.0899. The van der Waals surface area contributed by atoms with Gasteiger partial charge in [0.15, 0.2) is 0 Å². The van der Waals surface area contributed by atoms with Gasteiger partial charge in [-0.15, -0.1) is 0 Å². The van der Waals surface area contributed by atoms with Crippen molar-refractivity contribution >= 4 is 51.0 Å². The second-order valence-corrected chi connectivity index (χ2v) is 21.8. The monoisotopic (exact) mass is 484 g/mol. The number of hydrogen-bond donors (Lipinski definition) is 2. The first-order chi connectivity index (χ1) is 11.5. The zero-order valence-corrected chi connectivity index (χ0v) is 21.3. The molecule has 0 aliphatic carbocycles. The van der Waals surface area contributed by atoms with Crippen LogP contribution < -0.4 is 0 Å². The average molecular weight is 483 g/mol. The molecule has 0 saturated heterocycles. The van der Waals surface area contributed by atoms with Gasteiger partial charge >= 0.3 is 169 Å². The van der Waals surface area contributed by atoms with Crippen molar-refractivity contribution in [3.63, 3.8) is 0 Å². The fourth-order valence-corrected chi connectivity index (χ4v) is 16.6. The Morgan fingerprint density at radius 1 is 0.833 bits per heavy atom. The first-order valence-electron chi connectivity index (χ1n) is 10.1. The predicted octanol–water partition coefficient (Wildman–Crippen LogP) is 6.20. The molecule has 5 heteroatoms. The molecule has 0 aromatic heterocycles. The third-order valence-electron chi connectivity index (χ3n) is 4.63. The fourth-order valence-electron chi connectivity index (χ4n) is 2.98. The number of carbonyl (C=O) groups excluding carboxylic acids is 1. The fraction of sp³-hybridized carbons (Fsp3) is 0.947. The average Bonchev–Trinajstić information content (AvgIpc) is 2.53. The topological polar surface area (TPSA) is 26.3 Å². The summed E-state index contributed by atoms with van der Waals surface area (Å²) in [6.45, 7) is 7.25. The molecule has 0 aromatic carbocycles. The van der Waals surface area contributed by atoms with Crippen LogP contribution in [0.2, 0.25) is 8.87 Å². The van der Waals surface area contributed by atoms with Crippen LogP contribution in [-0.2, 0) is 9.53 Å². The number of esters is 1. The zero-order valence-electron chi connectivity index (χ0n) is 16.2. The molecule has 0 radical (unpaired) electrons. The third kappa shape index (κ3) is 13.2. The van der Waals surface area contributed by atoms with Crippen molar-refractivity contribution in [3.8, 4) is 0 Å². The summed E-state index contributed by atoms with van der Waals surface area (Å²) in [4.78, 5) is 12.2. The first kappa shape index (κ1) is 25.0. The van der Waals surface area contributed by atoms with Crippen molar-refractivity contribution in [2.45, 2.75) is 102 Å². The Hall–Kier alpha value is 0.969. The van der Waals surface area contributed by atoms with E-state index in [0.29, 0.717) is 13.0 Å². The van der Waals surface area contributed by atoms with Crippen LogP contribution in [0, 0.1) is 0 Å². The van der Waals surface area contributed by atoms with E-state index in [2.05, 4.69) is 20.8 Å². The van der Waals surface area contributed by atoms with Crippen LogP contribution >= 0.6 is 25.3 Å². The minimum absolute atomic E-state index is 0.0942. The van der Waals surface area contributed by atoms with Gasteiger partial charge in [-0.2, -0.15) is 0 Å². The van der Waals surface area contributed by atoms with E-state index in [1.165, 1.54) is 60.2 Å². The summed E-state index contributed by atoms with van der Waals surface area (Å²) in [6.07, 6.45) is 12.6. The van der Waals surface area contributed by atoms with Crippen LogP contribution in [0.25, 0.3) is 0 Å². The standard InChI is InChI=1S/C11H21O2S2.2C4H9.Sn.H/c1-2-3-4-5-6-7-8-13-10(12)9-11(14)15;2*1-3-4-2;;/h14-15H,2-9H2,1H3;2*1,3-4H2,2H3;;. The molecule has 0 aliphatic rings. The molecule has 0 fully saturated rings. The summed E-state index contributed by atoms with van der Waals surface area (Å²) in [5.41, 5.74) is 0. The van der Waals surface area contributed by atoms with E-state index in [9.17, 15) is 4.79 Å². The molecule has 0 N–H and O–H groups in total. The molecule has 0 aromatic rings. The molecule has 0 bridgehead atoms. The summed E-state index contributed by atoms with van der Waals surface area (Å²) in [5, 5.41) is 0. The number of carbonyl (C=O) groups is 1. The molecule has 0 rings (SSSR count). The van der Waals surface area contributed by atoms with E-state index in [1.807, 2.05) is 0 Å². The molecular weight excluding hydrogens is 443 g/mol. The van der Waals surface area contributed by atoms with Crippen molar-refractivity contribution < 1.29 is 9.53 Å². The molecule has 2 nitrogen and oxygen atoms in total. The van der Waals surface area contributed by atoms with Gasteiger partial charge in [0.05, 0.1) is 0 Å². The molecule has 0 aliphatic heterocycles. The van der Waals surface area contributed by atoms with Crippen molar-refractivity contribution in [1.82, 2.24) is 0 Å². The Balaban J connectivity index is 4.11. The molecule has 24 heavy (non-hydrogen) atoms.